The van der Waals surface area contributed by atoms with Gasteiger partial charge in [-0.3, -0.25) is 4.79 Å². The number of hydrogen-bond donors (Lipinski definition) is 1. The summed E-state index contributed by atoms with van der Waals surface area (Å²) in [5.41, 5.74) is 3.14. The largest absolute Gasteiger partial charge is 0.363 e. The number of benzene rings is 2. The Hall–Kier alpha value is -3.86. The number of carbonyl (C=O) groups excluding carboxylic acids is 1. The summed E-state index contributed by atoms with van der Waals surface area (Å²) in [6.45, 7) is 12.9. The number of likely N-dealkylation sites (tertiary alicyclic amines) is 1. The molecule has 5 rings (SSSR count). The zero-order valence-electron chi connectivity index (χ0n) is 21.2. The summed E-state index contributed by atoms with van der Waals surface area (Å²) in [6, 6.07) is 20.8. The normalized spacial score (nSPS) is 20.3. The van der Waals surface area contributed by atoms with Crippen molar-refractivity contribution in [2.45, 2.75) is 50.2 Å². The minimum atomic E-state index is -0.521. The fourth-order valence-corrected chi connectivity index (χ4v) is 6.00. The molecule has 2 aliphatic heterocycles. The van der Waals surface area contributed by atoms with Gasteiger partial charge in [0.05, 0.1) is 23.3 Å². The molecule has 0 aliphatic carbocycles. The fraction of sp³-hybridized carbons (Fsp3) is 0.290. The van der Waals surface area contributed by atoms with E-state index in [2.05, 4.69) is 85.8 Å². The van der Waals surface area contributed by atoms with Gasteiger partial charge in [-0.15, -0.1) is 0 Å². The molecular formula is C31H34N4O. The van der Waals surface area contributed by atoms with Crippen LogP contribution in [0.4, 0.5) is 5.82 Å². The van der Waals surface area contributed by atoms with E-state index in [0.29, 0.717) is 12.1 Å². The van der Waals surface area contributed by atoms with Crippen LogP contribution in [-0.4, -0.2) is 33.2 Å². The highest BCUT2D eigenvalue weighted by molar-refractivity contribution is 6.00. The number of nitrogens with one attached hydrogen (secondary N) is 1. The van der Waals surface area contributed by atoms with Gasteiger partial charge >= 0.3 is 0 Å². The SMILES string of the molecule is C=C/C=C(\C=C)C1CC(C)(C)n2ncc(C(=O)N3CCCC3(c3ccccc3)c3ccccc3)c2N1. The molecular weight excluding hydrogens is 444 g/mol. The smallest absolute Gasteiger partial charge is 0.260 e. The van der Waals surface area contributed by atoms with E-state index in [0.717, 1.165) is 41.8 Å². The maximum Gasteiger partial charge on any atom is 0.260 e. The van der Waals surface area contributed by atoms with E-state index >= 15 is 0 Å². The highest BCUT2D eigenvalue weighted by Gasteiger charge is 2.48. The first kappa shape index (κ1) is 23.9. The quantitative estimate of drug-likeness (QED) is 0.424. The van der Waals surface area contributed by atoms with Gasteiger partial charge in [-0.05, 0) is 49.8 Å². The number of anilines is 1. The van der Waals surface area contributed by atoms with Crippen molar-refractivity contribution in [3.8, 4) is 0 Å². The van der Waals surface area contributed by atoms with Gasteiger partial charge in [0.15, 0.2) is 0 Å². The van der Waals surface area contributed by atoms with Gasteiger partial charge in [0.25, 0.3) is 5.91 Å². The van der Waals surface area contributed by atoms with Crippen LogP contribution in [0.25, 0.3) is 0 Å². The number of nitrogens with zero attached hydrogens (tertiary/aromatic N) is 3. The van der Waals surface area contributed by atoms with Crippen molar-refractivity contribution in [1.82, 2.24) is 14.7 Å². The Morgan fingerprint density at radius 1 is 1.06 bits per heavy atom. The molecule has 2 aliphatic rings. The van der Waals surface area contributed by atoms with Gasteiger partial charge in [-0.1, -0.05) is 92.0 Å². The van der Waals surface area contributed by atoms with Crippen LogP contribution in [0.3, 0.4) is 0 Å². The van der Waals surface area contributed by atoms with Gasteiger partial charge in [-0.2, -0.15) is 5.10 Å². The highest BCUT2D eigenvalue weighted by atomic mass is 16.2. The molecule has 5 heteroatoms. The van der Waals surface area contributed by atoms with Crippen LogP contribution >= 0.6 is 0 Å². The lowest BCUT2D eigenvalue weighted by Crippen LogP contribution is -2.47. The molecule has 0 saturated carbocycles. The number of rotatable bonds is 6. The van der Waals surface area contributed by atoms with E-state index in [1.807, 2.05) is 29.0 Å². The molecule has 36 heavy (non-hydrogen) atoms. The number of fused-ring (bicyclic) bond motifs is 1. The summed E-state index contributed by atoms with van der Waals surface area (Å²) >= 11 is 0. The van der Waals surface area contributed by atoms with Crippen molar-refractivity contribution in [1.29, 1.82) is 0 Å². The Bertz CT molecular complexity index is 1260. The molecule has 1 fully saturated rings. The van der Waals surface area contributed by atoms with Crippen molar-refractivity contribution in [2.75, 3.05) is 11.9 Å². The first-order valence-electron chi connectivity index (χ1n) is 12.7. The molecule has 3 aromatic rings. The summed E-state index contributed by atoms with van der Waals surface area (Å²) in [5, 5.41) is 8.32. The van der Waals surface area contributed by atoms with Crippen LogP contribution < -0.4 is 5.32 Å². The first-order valence-corrected chi connectivity index (χ1v) is 12.7. The predicted octanol–water partition coefficient (Wildman–Crippen LogP) is 6.28. The predicted molar refractivity (Wildman–Crippen MR) is 146 cm³/mol. The minimum Gasteiger partial charge on any atom is -0.363 e. The summed E-state index contributed by atoms with van der Waals surface area (Å²) in [4.78, 5) is 16.5. The summed E-state index contributed by atoms with van der Waals surface area (Å²) in [7, 11) is 0. The second-order valence-corrected chi connectivity index (χ2v) is 10.3. The molecule has 2 aromatic carbocycles. The lowest BCUT2D eigenvalue weighted by molar-refractivity contribution is 0.0651. The molecule has 0 radical (unpaired) electrons. The van der Waals surface area contributed by atoms with Crippen molar-refractivity contribution < 1.29 is 4.79 Å². The van der Waals surface area contributed by atoms with Crippen LogP contribution in [0.5, 0.6) is 0 Å². The Morgan fingerprint density at radius 2 is 1.69 bits per heavy atom. The standard InChI is InChI=1S/C31H34N4O/c1-5-14-23(6-2)27-21-30(3,4)35-28(33-27)26(22-32-35)29(36)34-20-13-19-31(34,24-15-9-7-10-16-24)25-17-11-8-12-18-25/h5-12,14-18,22,27,33H,1-2,13,19-21H2,3-4H3/b23-14+. The summed E-state index contributed by atoms with van der Waals surface area (Å²) in [5.74, 6) is 0.762. The molecule has 1 aromatic heterocycles. The fourth-order valence-electron chi connectivity index (χ4n) is 6.00. The highest BCUT2D eigenvalue weighted by Crippen LogP contribution is 2.46. The topological polar surface area (TPSA) is 50.2 Å². The second-order valence-electron chi connectivity index (χ2n) is 10.3. The molecule has 1 atom stereocenters. The molecule has 0 bridgehead atoms. The van der Waals surface area contributed by atoms with Crippen LogP contribution in [0, 0.1) is 0 Å². The van der Waals surface area contributed by atoms with E-state index in [9.17, 15) is 4.79 Å². The van der Waals surface area contributed by atoms with E-state index < -0.39 is 5.54 Å². The van der Waals surface area contributed by atoms with Gasteiger partial charge < -0.3 is 10.2 Å². The van der Waals surface area contributed by atoms with E-state index in [4.69, 9.17) is 5.10 Å². The van der Waals surface area contributed by atoms with Crippen molar-refractivity contribution >= 4 is 11.7 Å². The lowest BCUT2D eigenvalue weighted by Gasteiger charge is -2.41. The van der Waals surface area contributed by atoms with Crippen LogP contribution in [0.15, 0.2) is 104 Å². The number of aromatic nitrogens is 2. The Balaban J connectivity index is 1.60. The van der Waals surface area contributed by atoms with Crippen LogP contribution in [0.1, 0.15) is 54.6 Å². The zero-order valence-corrected chi connectivity index (χ0v) is 21.2. The van der Waals surface area contributed by atoms with Crippen LogP contribution in [-0.2, 0) is 11.1 Å². The van der Waals surface area contributed by atoms with Crippen molar-refractivity contribution in [3.05, 3.63) is 121 Å². The third kappa shape index (κ3) is 3.79. The number of carbonyl (C=O) groups is 1. The average molecular weight is 479 g/mol. The Morgan fingerprint density at radius 3 is 2.28 bits per heavy atom. The van der Waals surface area contributed by atoms with Gasteiger partial charge in [0.2, 0.25) is 0 Å². The Labute approximate surface area is 213 Å². The summed E-state index contributed by atoms with van der Waals surface area (Å²) < 4.78 is 1.97. The van der Waals surface area contributed by atoms with E-state index in [1.165, 1.54) is 0 Å². The van der Waals surface area contributed by atoms with Crippen LogP contribution in [0.2, 0.25) is 0 Å². The van der Waals surface area contributed by atoms with Gasteiger partial charge in [0.1, 0.15) is 11.4 Å². The van der Waals surface area contributed by atoms with E-state index in [1.54, 1.807) is 12.3 Å². The zero-order chi connectivity index (χ0) is 25.3. The Kier molecular flexibility index (Phi) is 6.17. The lowest BCUT2D eigenvalue weighted by atomic mass is 9.80. The molecule has 3 heterocycles. The number of hydrogen-bond acceptors (Lipinski definition) is 3. The maximum atomic E-state index is 14.4. The number of amides is 1. The average Bonchev–Trinajstić information content (AvgIpc) is 3.54. The molecule has 184 valence electrons. The van der Waals surface area contributed by atoms with Crippen molar-refractivity contribution in [3.63, 3.8) is 0 Å². The monoisotopic (exact) mass is 478 g/mol. The summed E-state index contributed by atoms with van der Waals surface area (Å²) in [6.07, 6.45) is 9.98. The van der Waals surface area contributed by atoms with Gasteiger partial charge in [-0.25, -0.2) is 4.68 Å². The molecule has 1 unspecified atom stereocenters. The third-order valence-electron chi connectivity index (χ3n) is 7.66. The maximum absolute atomic E-state index is 14.4. The van der Waals surface area contributed by atoms with E-state index in [-0.39, 0.29) is 17.5 Å². The molecule has 1 amide bonds. The molecule has 0 spiro atoms. The second kappa shape index (κ2) is 9.30. The van der Waals surface area contributed by atoms with Gasteiger partial charge in [0, 0.05) is 6.54 Å². The third-order valence-corrected chi connectivity index (χ3v) is 7.66. The minimum absolute atomic E-state index is 0.00161. The molecule has 5 nitrogen and oxygen atoms in total. The number of allylic oxidation sites excluding steroid dienone is 2. The van der Waals surface area contributed by atoms with Crippen molar-refractivity contribution in [2.24, 2.45) is 0 Å². The first-order chi connectivity index (χ1) is 17.4. The molecule has 1 saturated heterocycles. The molecule has 1 N–H and O–H groups in total.